The summed E-state index contributed by atoms with van der Waals surface area (Å²) in [6.07, 6.45) is 5.15. The van der Waals surface area contributed by atoms with Gasteiger partial charge in [-0.05, 0) is 46.1 Å². The molecule has 1 aromatic heterocycles. The molecule has 0 N–H and O–H groups in total. The van der Waals surface area contributed by atoms with Gasteiger partial charge in [-0.25, -0.2) is 9.18 Å². The van der Waals surface area contributed by atoms with E-state index >= 15 is 0 Å². The second-order valence-corrected chi connectivity index (χ2v) is 6.44. The lowest BCUT2D eigenvalue weighted by Gasteiger charge is -2.36. The number of aromatic nitrogens is 1. The van der Waals surface area contributed by atoms with Crippen molar-refractivity contribution in [2.24, 2.45) is 0 Å². The minimum Gasteiger partial charge on any atom is -0.487 e. The molecular weight excluding hydrogens is 287 g/mol. The minimum atomic E-state index is -0.532. The molecule has 1 aliphatic heterocycles. The summed E-state index contributed by atoms with van der Waals surface area (Å²) in [7, 11) is 0. The van der Waals surface area contributed by atoms with Crippen molar-refractivity contribution < 1.29 is 18.7 Å². The SMILES string of the molecule is CC(C)(C)OC(=O)N1CCCC[C@@H]1COc1cnccc1F. The van der Waals surface area contributed by atoms with E-state index < -0.39 is 11.4 Å². The van der Waals surface area contributed by atoms with Crippen molar-refractivity contribution in [1.29, 1.82) is 0 Å². The summed E-state index contributed by atoms with van der Waals surface area (Å²) in [6.45, 7) is 6.39. The van der Waals surface area contributed by atoms with Crippen molar-refractivity contribution >= 4 is 6.09 Å². The van der Waals surface area contributed by atoms with Crippen LogP contribution in [0.15, 0.2) is 18.5 Å². The lowest BCUT2D eigenvalue weighted by Crippen LogP contribution is -2.48. The number of halogens is 1. The second kappa shape index (κ2) is 6.94. The van der Waals surface area contributed by atoms with Crippen LogP contribution in [0.4, 0.5) is 9.18 Å². The summed E-state index contributed by atoms with van der Waals surface area (Å²) in [5.41, 5.74) is -0.532. The number of likely N-dealkylation sites (tertiary alicyclic amines) is 1. The third kappa shape index (κ3) is 4.58. The van der Waals surface area contributed by atoms with Crippen molar-refractivity contribution in [3.05, 3.63) is 24.3 Å². The highest BCUT2D eigenvalue weighted by molar-refractivity contribution is 5.68. The highest BCUT2D eigenvalue weighted by atomic mass is 19.1. The van der Waals surface area contributed by atoms with Gasteiger partial charge in [0.05, 0.1) is 12.2 Å². The Labute approximate surface area is 130 Å². The monoisotopic (exact) mass is 310 g/mol. The van der Waals surface area contributed by atoms with Crippen molar-refractivity contribution in [2.75, 3.05) is 13.2 Å². The molecule has 2 heterocycles. The first kappa shape index (κ1) is 16.5. The third-order valence-corrected chi connectivity index (χ3v) is 3.42. The predicted molar refractivity (Wildman–Crippen MR) is 80.3 cm³/mol. The summed E-state index contributed by atoms with van der Waals surface area (Å²) in [5, 5.41) is 0. The fraction of sp³-hybridized carbons (Fsp3) is 0.625. The zero-order chi connectivity index (χ0) is 16.2. The van der Waals surface area contributed by atoms with Crippen molar-refractivity contribution in [3.8, 4) is 5.75 Å². The molecule has 22 heavy (non-hydrogen) atoms. The average Bonchev–Trinajstić information content (AvgIpc) is 2.45. The molecule has 2 rings (SSSR count). The molecule has 0 saturated carbocycles. The molecule has 0 aliphatic carbocycles. The molecule has 0 radical (unpaired) electrons. The fourth-order valence-corrected chi connectivity index (χ4v) is 2.39. The summed E-state index contributed by atoms with van der Waals surface area (Å²) in [5.74, 6) is -0.341. The van der Waals surface area contributed by atoms with Crippen molar-refractivity contribution in [1.82, 2.24) is 9.88 Å². The number of piperidine rings is 1. The largest absolute Gasteiger partial charge is 0.487 e. The van der Waals surface area contributed by atoms with Gasteiger partial charge in [0.2, 0.25) is 0 Å². The molecule has 1 atom stereocenters. The highest BCUT2D eigenvalue weighted by Gasteiger charge is 2.31. The fourth-order valence-electron chi connectivity index (χ4n) is 2.39. The van der Waals surface area contributed by atoms with Gasteiger partial charge in [0.1, 0.15) is 12.2 Å². The van der Waals surface area contributed by atoms with Gasteiger partial charge in [0.15, 0.2) is 11.6 Å². The van der Waals surface area contributed by atoms with Crippen LogP contribution in [-0.2, 0) is 4.74 Å². The Morgan fingerprint density at radius 3 is 2.91 bits per heavy atom. The minimum absolute atomic E-state index is 0.108. The first-order valence-corrected chi connectivity index (χ1v) is 7.59. The maximum Gasteiger partial charge on any atom is 0.410 e. The van der Waals surface area contributed by atoms with E-state index in [4.69, 9.17) is 9.47 Å². The van der Waals surface area contributed by atoms with Crippen LogP contribution in [0.5, 0.6) is 5.75 Å². The summed E-state index contributed by atoms with van der Waals surface area (Å²) in [6, 6.07) is 1.14. The van der Waals surface area contributed by atoms with E-state index in [1.54, 1.807) is 4.90 Å². The number of nitrogens with zero attached hydrogens (tertiary/aromatic N) is 2. The normalized spacial score (nSPS) is 18.9. The molecule has 1 saturated heterocycles. The first-order chi connectivity index (χ1) is 10.4. The lowest BCUT2D eigenvalue weighted by molar-refractivity contribution is 0.00341. The average molecular weight is 310 g/mol. The Kier molecular flexibility index (Phi) is 5.21. The van der Waals surface area contributed by atoms with E-state index in [0.717, 1.165) is 19.3 Å². The van der Waals surface area contributed by atoms with Gasteiger partial charge >= 0.3 is 6.09 Å². The molecule has 0 bridgehead atoms. The van der Waals surface area contributed by atoms with Crippen LogP contribution < -0.4 is 4.74 Å². The maximum absolute atomic E-state index is 13.6. The van der Waals surface area contributed by atoms with Crippen LogP contribution in [0.3, 0.4) is 0 Å². The Balaban J connectivity index is 1.98. The number of amides is 1. The number of hydrogen-bond acceptors (Lipinski definition) is 4. The van der Waals surface area contributed by atoms with Crippen LogP contribution in [0.2, 0.25) is 0 Å². The quantitative estimate of drug-likeness (QED) is 0.858. The van der Waals surface area contributed by atoms with Gasteiger partial charge in [0, 0.05) is 12.7 Å². The van der Waals surface area contributed by atoms with Gasteiger partial charge in [-0.3, -0.25) is 4.98 Å². The first-order valence-electron chi connectivity index (χ1n) is 7.59. The number of pyridine rings is 1. The van der Waals surface area contributed by atoms with Crippen LogP contribution in [-0.4, -0.2) is 40.8 Å². The Morgan fingerprint density at radius 1 is 1.45 bits per heavy atom. The van der Waals surface area contributed by atoms with Gasteiger partial charge < -0.3 is 14.4 Å². The van der Waals surface area contributed by atoms with Crippen LogP contribution >= 0.6 is 0 Å². The molecule has 0 spiro atoms. The van der Waals surface area contributed by atoms with Crippen LogP contribution in [0.1, 0.15) is 40.0 Å². The Bertz CT molecular complexity index is 516. The molecule has 1 amide bonds. The molecule has 1 fully saturated rings. The van der Waals surface area contributed by atoms with Gasteiger partial charge in [0.25, 0.3) is 0 Å². The number of carbonyl (C=O) groups is 1. The topological polar surface area (TPSA) is 51.7 Å². The summed E-state index contributed by atoms with van der Waals surface area (Å²) >= 11 is 0. The lowest BCUT2D eigenvalue weighted by atomic mass is 10.0. The molecular formula is C16H23FN2O3. The van der Waals surface area contributed by atoms with E-state index in [1.807, 2.05) is 20.8 Å². The predicted octanol–water partition coefficient (Wildman–Crippen LogP) is 3.39. The van der Waals surface area contributed by atoms with Crippen molar-refractivity contribution in [2.45, 2.75) is 51.7 Å². The Morgan fingerprint density at radius 2 is 2.23 bits per heavy atom. The smallest absolute Gasteiger partial charge is 0.410 e. The van der Waals surface area contributed by atoms with Crippen LogP contribution in [0.25, 0.3) is 0 Å². The van der Waals surface area contributed by atoms with Crippen molar-refractivity contribution in [3.63, 3.8) is 0 Å². The van der Waals surface area contributed by atoms with E-state index in [1.165, 1.54) is 18.5 Å². The molecule has 6 heteroatoms. The van der Waals surface area contributed by atoms with Gasteiger partial charge in [-0.1, -0.05) is 0 Å². The van der Waals surface area contributed by atoms with E-state index in [9.17, 15) is 9.18 Å². The van der Waals surface area contributed by atoms with E-state index in [0.29, 0.717) is 6.54 Å². The standard InChI is InChI=1S/C16H23FN2O3/c1-16(2,3)22-15(20)19-9-5-4-6-12(19)11-21-14-10-18-8-7-13(14)17/h7-8,10,12H,4-6,9,11H2,1-3H3/t12-/m1/s1. The zero-order valence-corrected chi connectivity index (χ0v) is 13.3. The van der Waals surface area contributed by atoms with Gasteiger partial charge in [-0.2, -0.15) is 0 Å². The number of ether oxygens (including phenoxy) is 2. The van der Waals surface area contributed by atoms with E-state index in [2.05, 4.69) is 4.98 Å². The third-order valence-electron chi connectivity index (χ3n) is 3.42. The zero-order valence-electron chi connectivity index (χ0n) is 13.3. The summed E-state index contributed by atoms with van der Waals surface area (Å²) < 4.78 is 24.5. The molecule has 0 aromatic carbocycles. The molecule has 1 aromatic rings. The maximum atomic E-state index is 13.6. The van der Waals surface area contributed by atoms with Gasteiger partial charge in [-0.15, -0.1) is 0 Å². The van der Waals surface area contributed by atoms with Crippen LogP contribution in [0, 0.1) is 5.82 Å². The molecule has 122 valence electrons. The Hall–Kier alpha value is -1.85. The highest BCUT2D eigenvalue weighted by Crippen LogP contribution is 2.22. The second-order valence-electron chi connectivity index (χ2n) is 6.44. The molecule has 1 aliphatic rings. The van der Waals surface area contributed by atoms with E-state index in [-0.39, 0.29) is 24.5 Å². The number of hydrogen-bond donors (Lipinski definition) is 0. The summed E-state index contributed by atoms with van der Waals surface area (Å²) in [4.78, 5) is 17.8. The number of carbonyl (C=O) groups excluding carboxylic acids is 1. The molecule has 5 nitrogen and oxygen atoms in total. The number of rotatable bonds is 3. The molecule has 0 unspecified atom stereocenters.